The summed E-state index contributed by atoms with van der Waals surface area (Å²) in [6.45, 7) is 0. The van der Waals surface area contributed by atoms with Crippen molar-refractivity contribution in [2.24, 2.45) is 23.7 Å². The van der Waals surface area contributed by atoms with Gasteiger partial charge in [0, 0.05) is 12.1 Å². The molecular weight excluding hydrogens is 294 g/mol. The van der Waals surface area contributed by atoms with Gasteiger partial charge in [0.1, 0.15) is 6.10 Å². The molecular formula is C18H21NO4. The van der Waals surface area contributed by atoms with E-state index in [1.165, 1.54) is 56.4 Å². The molecule has 3 aliphatic rings. The van der Waals surface area contributed by atoms with Crippen LogP contribution in [0.1, 0.15) is 48.9 Å². The van der Waals surface area contributed by atoms with Crippen LogP contribution in [0, 0.1) is 33.8 Å². The Hall–Kier alpha value is -1.91. The zero-order chi connectivity index (χ0) is 16.0. The highest BCUT2D eigenvalue weighted by atomic mass is 16.6. The maximum atomic E-state index is 12.3. The van der Waals surface area contributed by atoms with Crippen molar-refractivity contribution in [1.82, 2.24) is 0 Å². The minimum atomic E-state index is -0.464. The third-order valence-corrected chi connectivity index (χ3v) is 6.19. The van der Waals surface area contributed by atoms with Crippen molar-refractivity contribution in [2.75, 3.05) is 0 Å². The highest BCUT2D eigenvalue weighted by Gasteiger charge is 2.54. The van der Waals surface area contributed by atoms with Gasteiger partial charge in [-0.3, -0.25) is 10.1 Å². The second kappa shape index (κ2) is 5.62. The first-order chi connectivity index (χ1) is 11.1. The van der Waals surface area contributed by atoms with E-state index in [0.717, 1.165) is 24.2 Å². The number of non-ortho nitro benzene ring substituents is 1. The van der Waals surface area contributed by atoms with Crippen molar-refractivity contribution in [1.29, 1.82) is 0 Å². The lowest BCUT2D eigenvalue weighted by atomic mass is 9.70. The van der Waals surface area contributed by atoms with Gasteiger partial charge in [0.2, 0.25) is 0 Å². The summed E-state index contributed by atoms with van der Waals surface area (Å²) in [6, 6.07) is 5.68. The molecule has 0 spiro atoms. The zero-order valence-electron chi connectivity index (χ0n) is 13.0. The number of benzene rings is 1. The van der Waals surface area contributed by atoms with E-state index < -0.39 is 4.92 Å². The summed E-state index contributed by atoms with van der Waals surface area (Å²) < 4.78 is 5.77. The Bertz CT molecular complexity index is 626. The van der Waals surface area contributed by atoms with Crippen molar-refractivity contribution in [2.45, 2.75) is 44.6 Å². The molecule has 3 aliphatic carbocycles. The Morgan fingerprint density at radius 3 is 2.43 bits per heavy atom. The number of esters is 1. The molecule has 1 aromatic carbocycles. The average molecular weight is 315 g/mol. The SMILES string of the molecule is O=C(O[C@@H]1C[C@@H]2C[C@@H]1[C@H]1CCCC[C@H]21)c1ccc([N+](=O)[O-])cc1. The Labute approximate surface area is 135 Å². The summed E-state index contributed by atoms with van der Waals surface area (Å²) in [5.41, 5.74) is 0.394. The molecule has 5 heteroatoms. The van der Waals surface area contributed by atoms with Gasteiger partial charge >= 0.3 is 5.97 Å². The Kier molecular flexibility index (Phi) is 3.58. The molecule has 0 radical (unpaired) electrons. The largest absolute Gasteiger partial charge is 0.458 e. The van der Waals surface area contributed by atoms with Gasteiger partial charge in [0.25, 0.3) is 5.69 Å². The molecule has 0 unspecified atom stereocenters. The van der Waals surface area contributed by atoms with Gasteiger partial charge in [0.05, 0.1) is 10.5 Å². The molecule has 0 saturated heterocycles. The molecule has 0 amide bonds. The lowest BCUT2D eigenvalue weighted by Gasteiger charge is -2.38. The Morgan fingerprint density at radius 2 is 1.74 bits per heavy atom. The molecule has 0 aromatic heterocycles. The maximum Gasteiger partial charge on any atom is 0.338 e. The monoisotopic (exact) mass is 315 g/mol. The lowest BCUT2D eigenvalue weighted by molar-refractivity contribution is -0.384. The van der Waals surface area contributed by atoms with Gasteiger partial charge in [0.15, 0.2) is 0 Å². The Morgan fingerprint density at radius 1 is 1.04 bits per heavy atom. The van der Waals surface area contributed by atoms with Crippen molar-refractivity contribution in [3.05, 3.63) is 39.9 Å². The fourth-order valence-corrected chi connectivity index (χ4v) is 5.24. The topological polar surface area (TPSA) is 69.4 Å². The van der Waals surface area contributed by atoms with Crippen LogP contribution in [0.2, 0.25) is 0 Å². The minimum absolute atomic E-state index is 0.00785. The highest BCUT2D eigenvalue weighted by Crippen LogP contribution is 2.58. The zero-order valence-corrected chi connectivity index (χ0v) is 13.0. The number of rotatable bonds is 3. The van der Waals surface area contributed by atoms with Gasteiger partial charge in [-0.1, -0.05) is 12.8 Å². The normalized spacial score (nSPS) is 34.9. The van der Waals surface area contributed by atoms with E-state index in [1.807, 2.05) is 0 Å². The molecule has 1 aromatic rings. The van der Waals surface area contributed by atoms with E-state index in [9.17, 15) is 14.9 Å². The molecule has 5 atom stereocenters. The highest BCUT2D eigenvalue weighted by molar-refractivity contribution is 5.89. The van der Waals surface area contributed by atoms with Crippen LogP contribution in [-0.4, -0.2) is 17.0 Å². The van der Waals surface area contributed by atoms with Gasteiger partial charge < -0.3 is 4.74 Å². The predicted molar refractivity (Wildman–Crippen MR) is 84.0 cm³/mol. The second-order valence-corrected chi connectivity index (χ2v) is 7.26. The van der Waals surface area contributed by atoms with Crippen molar-refractivity contribution >= 4 is 11.7 Å². The summed E-state index contributed by atoms with van der Waals surface area (Å²) in [6.07, 6.45) is 7.58. The number of nitrogens with zero attached hydrogens (tertiary/aromatic N) is 1. The molecule has 0 N–H and O–H groups in total. The van der Waals surface area contributed by atoms with Gasteiger partial charge in [-0.25, -0.2) is 4.79 Å². The fourth-order valence-electron chi connectivity index (χ4n) is 5.24. The van der Waals surface area contributed by atoms with Crippen LogP contribution in [0.5, 0.6) is 0 Å². The van der Waals surface area contributed by atoms with Crippen molar-refractivity contribution in [3.63, 3.8) is 0 Å². The van der Waals surface area contributed by atoms with Crippen molar-refractivity contribution < 1.29 is 14.5 Å². The summed E-state index contributed by atoms with van der Waals surface area (Å²) in [5.74, 6) is 2.54. The predicted octanol–water partition coefficient (Wildman–Crippen LogP) is 3.97. The number of hydrogen-bond donors (Lipinski definition) is 0. The number of fused-ring (bicyclic) bond motifs is 5. The number of nitro groups is 1. The van der Waals surface area contributed by atoms with E-state index >= 15 is 0 Å². The quantitative estimate of drug-likeness (QED) is 0.481. The first-order valence-electron chi connectivity index (χ1n) is 8.59. The standard InChI is InChI=1S/C18H21NO4/c20-18(11-5-7-13(8-6-11)19(21)22)23-17-10-12-9-16(17)15-4-2-1-3-14(12)15/h5-8,12,14-17H,1-4,9-10H2/t12-,14+,15-,16+,17+/m0/s1. The van der Waals surface area contributed by atoms with Gasteiger partial charge in [-0.05, 0) is 61.5 Å². The minimum Gasteiger partial charge on any atom is -0.458 e. The first kappa shape index (κ1) is 14.7. The van der Waals surface area contributed by atoms with Crippen molar-refractivity contribution in [3.8, 4) is 0 Å². The number of hydrogen-bond acceptors (Lipinski definition) is 4. The van der Waals surface area contributed by atoms with Crippen LogP contribution in [0.15, 0.2) is 24.3 Å². The third-order valence-electron chi connectivity index (χ3n) is 6.19. The van der Waals surface area contributed by atoms with E-state index in [4.69, 9.17) is 4.74 Å². The second-order valence-electron chi connectivity index (χ2n) is 7.26. The lowest BCUT2D eigenvalue weighted by Crippen LogP contribution is -2.36. The molecule has 4 rings (SSSR count). The van der Waals surface area contributed by atoms with Crippen LogP contribution in [0.25, 0.3) is 0 Å². The van der Waals surface area contributed by atoms with Crippen LogP contribution in [0.3, 0.4) is 0 Å². The van der Waals surface area contributed by atoms with E-state index in [1.54, 1.807) is 0 Å². The molecule has 122 valence electrons. The van der Waals surface area contributed by atoms with Crippen LogP contribution < -0.4 is 0 Å². The molecule has 2 bridgehead atoms. The molecule has 3 fully saturated rings. The van der Waals surface area contributed by atoms with Gasteiger partial charge in [-0.15, -0.1) is 0 Å². The van der Waals surface area contributed by atoms with E-state index in [-0.39, 0.29) is 17.8 Å². The number of carbonyl (C=O) groups is 1. The van der Waals surface area contributed by atoms with Crippen LogP contribution in [0.4, 0.5) is 5.69 Å². The maximum absolute atomic E-state index is 12.3. The molecule has 3 saturated carbocycles. The van der Waals surface area contributed by atoms with E-state index in [0.29, 0.717) is 11.5 Å². The van der Waals surface area contributed by atoms with E-state index in [2.05, 4.69) is 0 Å². The fraction of sp³-hybridized carbons (Fsp3) is 0.611. The van der Waals surface area contributed by atoms with Crippen LogP contribution >= 0.6 is 0 Å². The molecule has 5 nitrogen and oxygen atoms in total. The summed E-state index contributed by atoms with van der Waals surface area (Å²) in [7, 11) is 0. The molecule has 0 aliphatic heterocycles. The van der Waals surface area contributed by atoms with Gasteiger partial charge in [-0.2, -0.15) is 0 Å². The summed E-state index contributed by atoms with van der Waals surface area (Å²) in [4.78, 5) is 22.5. The number of ether oxygens (including phenoxy) is 1. The Balaban J connectivity index is 1.42. The average Bonchev–Trinajstić information content (AvgIpc) is 3.14. The summed E-state index contributed by atoms with van der Waals surface area (Å²) in [5, 5.41) is 10.7. The number of nitro benzene ring substituents is 1. The first-order valence-corrected chi connectivity index (χ1v) is 8.59. The van der Waals surface area contributed by atoms with Crippen LogP contribution in [-0.2, 0) is 4.74 Å². The number of carbonyl (C=O) groups excluding carboxylic acids is 1. The molecule has 0 heterocycles. The third kappa shape index (κ3) is 2.52. The summed E-state index contributed by atoms with van der Waals surface area (Å²) >= 11 is 0. The molecule has 23 heavy (non-hydrogen) atoms. The smallest absolute Gasteiger partial charge is 0.338 e.